The maximum absolute atomic E-state index is 12.0. The van der Waals surface area contributed by atoms with E-state index in [0.717, 1.165) is 16.1 Å². The van der Waals surface area contributed by atoms with Crippen molar-refractivity contribution in [3.05, 3.63) is 58.5 Å². The summed E-state index contributed by atoms with van der Waals surface area (Å²) in [5, 5.41) is 13.7. The highest BCUT2D eigenvalue weighted by Gasteiger charge is 2.11. The Morgan fingerprint density at radius 2 is 2.17 bits per heavy atom. The molecule has 1 N–H and O–H groups in total. The molecule has 23 heavy (non-hydrogen) atoms. The molecule has 0 aliphatic heterocycles. The third-order valence-electron chi connectivity index (χ3n) is 3.26. The number of nitrogens with zero attached hydrogens (tertiary/aromatic N) is 3. The van der Waals surface area contributed by atoms with E-state index in [0.29, 0.717) is 17.5 Å². The summed E-state index contributed by atoms with van der Waals surface area (Å²) in [6, 6.07) is 12.0. The molecule has 0 atom stereocenters. The minimum Gasteiger partial charge on any atom is -0.350 e. The van der Waals surface area contributed by atoms with Crippen molar-refractivity contribution in [1.82, 2.24) is 20.1 Å². The number of nitrogens with one attached hydrogen (secondary N) is 1. The molecule has 118 valence electrons. The van der Waals surface area contributed by atoms with Crippen LogP contribution in [0.2, 0.25) is 0 Å². The smallest absolute Gasteiger partial charge is 0.230 e. The molecule has 2 heterocycles. The molecule has 0 aliphatic carbocycles. The summed E-state index contributed by atoms with van der Waals surface area (Å²) in [7, 11) is 0. The van der Waals surface area contributed by atoms with Gasteiger partial charge in [-0.3, -0.25) is 9.36 Å². The van der Waals surface area contributed by atoms with Gasteiger partial charge >= 0.3 is 0 Å². The van der Waals surface area contributed by atoms with E-state index >= 15 is 0 Å². The van der Waals surface area contributed by atoms with E-state index in [9.17, 15) is 4.79 Å². The first-order valence-electron chi connectivity index (χ1n) is 7.12. The van der Waals surface area contributed by atoms with E-state index in [1.165, 1.54) is 11.8 Å². The topological polar surface area (TPSA) is 59.8 Å². The van der Waals surface area contributed by atoms with Crippen LogP contribution in [0.3, 0.4) is 0 Å². The van der Waals surface area contributed by atoms with Crippen LogP contribution in [0.15, 0.2) is 53.3 Å². The number of para-hydroxylation sites is 1. The zero-order valence-corrected chi connectivity index (χ0v) is 14.2. The highest BCUT2D eigenvalue weighted by atomic mass is 32.2. The van der Waals surface area contributed by atoms with Crippen molar-refractivity contribution in [2.24, 2.45) is 0 Å². The number of benzene rings is 1. The fourth-order valence-corrected chi connectivity index (χ4v) is 3.50. The number of aryl methyl sites for hydroxylation is 1. The van der Waals surface area contributed by atoms with Crippen LogP contribution in [0.5, 0.6) is 0 Å². The van der Waals surface area contributed by atoms with Crippen molar-refractivity contribution >= 4 is 29.0 Å². The summed E-state index contributed by atoms with van der Waals surface area (Å²) in [5.41, 5.74) is 2.16. The fraction of sp³-hybridized carbons (Fsp3) is 0.188. The van der Waals surface area contributed by atoms with Crippen molar-refractivity contribution in [3.8, 4) is 5.69 Å². The van der Waals surface area contributed by atoms with Gasteiger partial charge in [0, 0.05) is 4.88 Å². The normalized spacial score (nSPS) is 10.7. The van der Waals surface area contributed by atoms with Gasteiger partial charge in [-0.25, -0.2) is 0 Å². The lowest BCUT2D eigenvalue weighted by Crippen LogP contribution is -2.24. The summed E-state index contributed by atoms with van der Waals surface area (Å²) >= 11 is 3.02. The van der Waals surface area contributed by atoms with Crippen LogP contribution in [-0.4, -0.2) is 26.4 Å². The largest absolute Gasteiger partial charge is 0.350 e. The third-order valence-corrected chi connectivity index (χ3v) is 5.08. The fourth-order valence-electron chi connectivity index (χ4n) is 2.10. The molecule has 0 radical (unpaired) electrons. The van der Waals surface area contributed by atoms with Gasteiger partial charge in [0.2, 0.25) is 5.91 Å². The van der Waals surface area contributed by atoms with Gasteiger partial charge < -0.3 is 5.32 Å². The Kier molecular flexibility index (Phi) is 5.09. The van der Waals surface area contributed by atoms with Crippen LogP contribution < -0.4 is 5.32 Å². The summed E-state index contributed by atoms with van der Waals surface area (Å²) in [4.78, 5) is 13.1. The molecule has 3 aromatic rings. The van der Waals surface area contributed by atoms with Gasteiger partial charge in [0.05, 0.1) is 18.0 Å². The molecule has 0 fully saturated rings. The first-order chi connectivity index (χ1) is 11.2. The number of hydrogen-bond acceptors (Lipinski definition) is 5. The Morgan fingerprint density at radius 3 is 2.96 bits per heavy atom. The molecule has 7 heteroatoms. The summed E-state index contributed by atoms with van der Waals surface area (Å²) in [5.74, 6) is 0.304. The van der Waals surface area contributed by atoms with Crippen LogP contribution in [0, 0.1) is 6.92 Å². The lowest BCUT2D eigenvalue weighted by Gasteiger charge is -2.09. The van der Waals surface area contributed by atoms with Gasteiger partial charge in [0.1, 0.15) is 6.33 Å². The van der Waals surface area contributed by atoms with E-state index in [4.69, 9.17) is 0 Å². The molecule has 1 amide bonds. The van der Waals surface area contributed by atoms with E-state index in [1.807, 2.05) is 53.3 Å². The average molecular weight is 344 g/mol. The van der Waals surface area contributed by atoms with Crippen molar-refractivity contribution in [1.29, 1.82) is 0 Å². The van der Waals surface area contributed by atoms with Gasteiger partial charge in [-0.05, 0) is 30.0 Å². The Hall–Kier alpha value is -2.12. The zero-order chi connectivity index (χ0) is 16.1. The molecule has 0 saturated heterocycles. The zero-order valence-electron chi connectivity index (χ0n) is 12.6. The quantitative estimate of drug-likeness (QED) is 0.698. The Labute approximate surface area is 142 Å². The molecular formula is C16H16N4OS2. The standard InChI is InChI=1S/C16H16N4OS2/c1-12-5-2-3-7-14(12)20-11-18-19-16(20)23-10-15(21)17-9-13-6-4-8-22-13/h2-8,11H,9-10H2,1H3,(H,17,21). The molecule has 2 aromatic heterocycles. The first-order valence-corrected chi connectivity index (χ1v) is 8.98. The monoisotopic (exact) mass is 344 g/mol. The molecule has 0 bridgehead atoms. The number of aromatic nitrogens is 3. The summed E-state index contributed by atoms with van der Waals surface area (Å²) in [6.07, 6.45) is 1.67. The minimum absolute atomic E-state index is 0.0114. The minimum atomic E-state index is -0.0114. The van der Waals surface area contributed by atoms with E-state index < -0.39 is 0 Å². The molecular weight excluding hydrogens is 328 g/mol. The van der Waals surface area contributed by atoms with Gasteiger partial charge in [0.15, 0.2) is 5.16 Å². The number of thioether (sulfide) groups is 1. The van der Waals surface area contributed by atoms with Crippen LogP contribution in [0.25, 0.3) is 5.69 Å². The lowest BCUT2D eigenvalue weighted by molar-refractivity contribution is -0.118. The number of carbonyl (C=O) groups excluding carboxylic acids is 1. The SMILES string of the molecule is Cc1ccccc1-n1cnnc1SCC(=O)NCc1cccs1. The van der Waals surface area contributed by atoms with Crippen molar-refractivity contribution in [2.75, 3.05) is 5.75 Å². The Morgan fingerprint density at radius 1 is 1.30 bits per heavy atom. The highest BCUT2D eigenvalue weighted by Crippen LogP contribution is 2.21. The van der Waals surface area contributed by atoms with Crippen LogP contribution >= 0.6 is 23.1 Å². The predicted octanol–water partition coefficient (Wildman–Crippen LogP) is 3.05. The maximum atomic E-state index is 12.0. The maximum Gasteiger partial charge on any atom is 0.230 e. The van der Waals surface area contributed by atoms with E-state index in [1.54, 1.807) is 17.7 Å². The molecule has 3 rings (SSSR count). The van der Waals surface area contributed by atoms with E-state index in [2.05, 4.69) is 15.5 Å². The predicted molar refractivity (Wildman–Crippen MR) is 93.0 cm³/mol. The summed E-state index contributed by atoms with van der Waals surface area (Å²) < 4.78 is 1.91. The van der Waals surface area contributed by atoms with Crippen LogP contribution in [-0.2, 0) is 11.3 Å². The number of thiophene rings is 1. The number of hydrogen-bond donors (Lipinski definition) is 1. The van der Waals surface area contributed by atoms with Gasteiger partial charge in [-0.2, -0.15) is 0 Å². The van der Waals surface area contributed by atoms with Gasteiger partial charge in [-0.15, -0.1) is 21.5 Å². The molecule has 0 unspecified atom stereocenters. The number of carbonyl (C=O) groups is 1. The van der Waals surface area contributed by atoms with Crippen LogP contribution in [0.1, 0.15) is 10.4 Å². The number of rotatable bonds is 6. The van der Waals surface area contributed by atoms with Gasteiger partial charge in [0.25, 0.3) is 0 Å². The Balaban J connectivity index is 1.60. The molecule has 0 aliphatic rings. The molecule has 0 saturated carbocycles. The second-order valence-electron chi connectivity index (χ2n) is 4.91. The van der Waals surface area contributed by atoms with Gasteiger partial charge in [-0.1, -0.05) is 36.0 Å². The Bertz CT molecular complexity index is 783. The lowest BCUT2D eigenvalue weighted by atomic mass is 10.2. The van der Waals surface area contributed by atoms with E-state index in [-0.39, 0.29) is 5.91 Å². The molecule has 1 aromatic carbocycles. The first kappa shape index (κ1) is 15.8. The molecule has 0 spiro atoms. The average Bonchev–Trinajstić information content (AvgIpc) is 3.23. The van der Waals surface area contributed by atoms with Crippen molar-refractivity contribution in [2.45, 2.75) is 18.6 Å². The number of amides is 1. The van der Waals surface area contributed by atoms with Crippen molar-refractivity contribution < 1.29 is 4.79 Å². The third kappa shape index (κ3) is 4.00. The second-order valence-corrected chi connectivity index (χ2v) is 6.89. The highest BCUT2D eigenvalue weighted by molar-refractivity contribution is 7.99. The van der Waals surface area contributed by atoms with Crippen molar-refractivity contribution in [3.63, 3.8) is 0 Å². The molecule has 5 nitrogen and oxygen atoms in total. The second kappa shape index (κ2) is 7.43. The van der Waals surface area contributed by atoms with Crippen LogP contribution in [0.4, 0.5) is 0 Å². The summed E-state index contributed by atoms with van der Waals surface area (Å²) in [6.45, 7) is 2.61.